The summed E-state index contributed by atoms with van der Waals surface area (Å²) in [7, 11) is 0. The van der Waals surface area contributed by atoms with Gasteiger partial charge in [-0.2, -0.15) is 5.10 Å². The number of nitrogens with one attached hydrogen (secondary N) is 1. The van der Waals surface area contributed by atoms with Crippen LogP contribution in [0.15, 0.2) is 33.8 Å². The molecule has 1 aliphatic rings. The molecule has 5 heteroatoms. The minimum atomic E-state index is -0.226. The lowest BCUT2D eigenvalue weighted by molar-refractivity contribution is -0.123. The third kappa shape index (κ3) is 4.96. The fraction of sp³-hybridized carbons (Fsp3) is 0.467. The zero-order valence-corrected chi connectivity index (χ0v) is 13.1. The molecule has 1 fully saturated rings. The van der Waals surface area contributed by atoms with Gasteiger partial charge in [-0.25, -0.2) is 5.43 Å². The Kier molecular flexibility index (Phi) is 5.59. The topological polar surface area (TPSA) is 50.7 Å². The monoisotopic (exact) mass is 338 g/mol. The minimum Gasteiger partial charge on any atom is -0.484 e. The normalized spacial score (nSPS) is 20.7. The van der Waals surface area contributed by atoms with Crippen LogP contribution >= 0.6 is 15.9 Å². The maximum absolute atomic E-state index is 11.7. The van der Waals surface area contributed by atoms with E-state index < -0.39 is 0 Å². The van der Waals surface area contributed by atoms with Crippen LogP contribution in [-0.2, 0) is 4.79 Å². The largest absolute Gasteiger partial charge is 0.484 e. The Bertz CT molecular complexity index is 502. The average Bonchev–Trinajstić information content (AvgIpc) is 2.43. The minimum absolute atomic E-state index is 0.0250. The number of nitrogens with zero attached hydrogens (tertiary/aromatic N) is 1. The quantitative estimate of drug-likeness (QED) is 0.854. The van der Waals surface area contributed by atoms with Gasteiger partial charge in [0.15, 0.2) is 6.61 Å². The molecule has 0 radical (unpaired) electrons. The van der Waals surface area contributed by atoms with Gasteiger partial charge in [0.1, 0.15) is 5.75 Å². The molecule has 20 heavy (non-hydrogen) atoms. The molecule has 1 aromatic rings. The van der Waals surface area contributed by atoms with Gasteiger partial charge in [-0.1, -0.05) is 28.9 Å². The van der Waals surface area contributed by atoms with Crippen molar-refractivity contribution in [2.24, 2.45) is 11.0 Å². The summed E-state index contributed by atoms with van der Waals surface area (Å²) in [5.41, 5.74) is 3.65. The van der Waals surface area contributed by atoms with Crippen LogP contribution in [0.25, 0.3) is 0 Å². The summed E-state index contributed by atoms with van der Waals surface area (Å²) in [6, 6.07) is 7.40. The Balaban J connectivity index is 1.76. The van der Waals surface area contributed by atoms with Crippen molar-refractivity contribution >= 4 is 27.5 Å². The van der Waals surface area contributed by atoms with Gasteiger partial charge in [0.25, 0.3) is 5.91 Å². The lowest BCUT2D eigenvalue weighted by Gasteiger charge is -2.18. The van der Waals surface area contributed by atoms with Gasteiger partial charge in [-0.3, -0.25) is 4.79 Å². The van der Waals surface area contributed by atoms with Gasteiger partial charge >= 0.3 is 0 Å². The van der Waals surface area contributed by atoms with Crippen molar-refractivity contribution < 1.29 is 9.53 Å². The maximum atomic E-state index is 11.7. The number of ether oxygens (including phenoxy) is 1. The molecule has 1 aromatic carbocycles. The average molecular weight is 339 g/mol. The highest BCUT2D eigenvalue weighted by atomic mass is 79.9. The number of hydrogen-bond acceptors (Lipinski definition) is 3. The van der Waals surface area contributed by atoms with Crippen LogP contribution in [0.3, 0.4) is 0 Å². The molecule has 4 nitrogen and oxygen atoms in total. The molecule has 0 saturated heterocycles. The van der Waals surface area contributed by atoms with Crippen molar-refractivity contribution in [3.8, 4) is 5.75 Å². The maximum Gasteiger partial charge on any atom is 0.277 e. The van der Waals surface area contributed by atoms with Crippen LogP contribution in [0.4, 0.5) is 0 Å². The van der Waals surface area contributed by atoms with E-state index in [1.165, 1.54) is 6.42 Å². The highest BCUT2D eigenvalue weighted by Gasteiger charge is 2.14. The molecular weight excluding hydrogens is 320 g/mol. The first-order valence-electron chi connectivity index (χ1n) is 6.86. The van der Waals surface area contributed by atoms with Crippen LogP contribution in [0.1, 0.15) is 32.6 Å². The predicted molar refractivity (Wildman–Crippen MR) is 82.8 cm³/mol. The first-order valence-corrected chi connectivity index (χ1v) is 7.65. The third-order valence-electron chi connectivity index (χ3n) is 3.25. The molecule has 0 spiro atoms. The lowest BCUT2D eigenvalue weighted by Crippen LogP contribution is -2.27. The summed E-state index contributed by atoms with van der Waals surface area (Å²) in [4.78, 5) is 11.7. The Morgan fingerprint density at radius 3 is 3.15 bits per heavy atom. The molecule has 0 bridgehead atoms. The SMILES string of the molecule is CC1CCCC(=NNC(=O)COc2cccc(Br)c2)C1. The fourth-order valence-electron chi connectivity index (χ4n) is 2.24. The van der Waals surface area contributed by atoms with Gasteiger partial charge in [0, 0.05) is 10.2 Å². The molecule has 0 aromatic heterocycles. The van der Waals surface area contributed by atoms with Crippen LogP contribution in [0.5, 0.6) is 5.75 Å². The number of amides is 1. The smallest absolute Gasteiger partial charge is 0.277 e. The number of halogens is 1. The second-order valence-corrected chi connectivity index (χ2v) is 6.08. The number of hydrogen-bond donors (Lipinski definition) is 1. The van der Waals surface area contributed by atoms with Crippen molar-refractivity contribution in [3.05, 3.63) is 28.7 Å². The summed E-state index contributed by atoms with van der Waals surface area (Å²) >= 11 is 3.36. The van der Waals surface area contributed by atoms with Crippen molar-refractivity contribution in [1.82, 2.24) is 5.43 Å². The van der Waals surface area contributed by atoms with Gasteiger partial charge in [0.05, 0.1) is 0 Å². The third-order valence-corrected chi connectivity index (χ3v) is 3.74. The van der Waals surface area contributed by atoms with E-state index in [0.717, 1.165) is 29.4 Å². The van der Waals surface area contributed by atoms with E-state index in [4.69, 9.17) is 4.74 Å². The van der Waals surface area contributed by atoms with Crippen molar-refractivity contribution in [1.29, 1.82) is 0 Å². The van der Waals surface area contributed by atoms with Crippen molar-refractivity contribution in [3.63, 3.8) is 0 Å². The molecule has 1 unspecified atom stereocenters. The number of benzene rings is 1. The first kappa shape index (κ1) is 15.0. The summed E-state index contributed by atoms with van der Waals surface area (Å²) in [6.07, 6.45) is 4.37. The molecule has 1 aliphatic carbocycles. The highest BCUT2D eigenvalue weighted by molar-refractivity contribution is 9.10. The molecule has 0 aliphatic heterocycles. The summed E-state index contributed by atoms with van der Waals surface area (Å²) in [5.74, 6) is 1.10. The van der Waals surface area contributed by atoms with Crippen LogP contribution in [0.2, 0.25) is 0 Å². The molecule has 2 rings (SSSR count). The first-order chi connectivity index (χ1) is 9.63. The van der Waals surface area contributed by atoms with Crippen LogP contribution < -0.4 is 10.2 Å². The van der Waals surface area contributed by atoms with E-state index in [1.807, 2.05) is 24.3 Å². The molecule has 108 valence electrons. The highest BCUT2D eigenvalue weighted by Crippen LogP contribution is 2.21. The Morgan fingerprint density at radius 2 is 2.40 bits per heavy atom. The number of carbonyl (C=O) groups excluding carboxylic acids is 1. The number of carbonyl (C=O) groups is 1. The predicted octanol–water partition coefficient (Wildman–Crippen LogP) is 3.51. The Hall–Kier alpha value is -1.36. The fourth-order valence-corrected chi connectivity index (χ4v) is 2.62. The van der Waals surface area contributed by atoms with Crippen molar-refractivity contribution in [2.75, 3.05) is 6.61 Å². The molecular formula is C15H19BrN2O2. The second kappa shape index (κ2) is 7.43. The van der Waals surface area contributed by atoms with E-state index in [2.05, 4.69) is 33.4 Å². The summed E-state index contributed by atoms with van der Waals surface area (Å²) in [5, 5.41) is 4.19. The molecule has 0 heterocycles. The summed E-state index contributed by atoms with van der Waals surface area (Å²) in [6.45, 7) is 2.19. The lowest BCUT2D eigenvalue weighted by atomic mass is 9.89. The van der Waals surface area contributed by atoms with Gasteiger partial charge in [-0.05, 0) is 49.8 Å². The Labute approximate surface area is 127 Å². The van der Waals surface area contributed by atoms with E-state index in [9.17, 15) is 4.79 Å². The zero-order valence-electron chi connectivity index (χ0n) is 11.6. The molecule has 1 N–H and O–H groups in total. The molecule has 1 atom stereocenters. The van der Waals surface area contributed by atoms with Gasteiger partial charge < -0.3 is 4.74 Å². The van der Waals surface area contributed by atoms with Gasteiger partial charge in [0.2, 0.25) is 0 Å². The standard InChI is InChI=1S/C15H19BrN2O2/c1-11-4-2-6-13(8-11)17-18-15(19)10-20-14-7-3-5-12(16)9-14/h3,5,7,9,11H,2,4,6,8,10H2,1H3,(H,18,19). The summed E-state index contributed by atoms with van der Waals surface area (Å²) < 4.78 is 6.32. The van der Waals surface area contributed by atoms with Crippen LogP contribution in [0, 0.1) is 5.92 Å². The van der Waals surface area contributed by atoms with E-state index >= 15 is 0 Å². The number of hydrazone groups is 1. The second-order valence-electron chi connectivity index (χ2n) is 5.16. The van der Waals surface area contributed by atoms with E-state index in [0.29, 0.717) is 11.7 Å². The van der Waals surface area contributed by atoms with Crippen LogP contribution in [-0.4, -0.2) is 18.2 Å². The number of rotatable bonds is 4. The van der Waals surface area contributed by atoms with E-state index in [1.54, 1.807) is 0 Å². The Morgan fingerprint density at radius 1 is 1.55 bits per heavy atom. The zero-order chi connectivity index (χ0) is 14.4. The van der Waals surface area contributed by atoms with Gasteiger partial charge in [-0.15, -0.1) is 0 Å². The van der Waals surface area contributed by atoms with Crippen molar-refractivity contribution in [2.45, 2.75) is 32.6 Å². The van der Waals surface area contributed by atoms with E-state index in [-0.39, 0.29) is 12.5 Å². The molecule has 1 saturated carbocycles. The molecule has 1 amide bonds.